The van der Waals surface area contributed by atoms with Crippen LogP contribution in [0.5, 0.6) is 0 Å². The molecule has 0 unspecified atom stereocenters. The van der Waals surface area contributed by atoms with Gasteiger partial charge in [-0.2, -0.15) is 13.2 Å². The summed E-state index contributed by atoms with van der Waals surface area (Å²) in [5.74, 6) is 0. The quantitative estimate of drug-likeness (QED) is 0.764. The Morgan fingerprint density at radius 3 is 2.22 bits per heavy atom. The average Bonchev–Trinajstić information content (AvgIpc) is 2.28. The first-order valence-electron chi connectivity index (χ1n) is 6.14. The number of hydrogen-bond acceptors (Lipinski definition) is 1. The van der Waals surface area contributed by atoms with Crippen LogP contribution in [0.15, 0.2) is 30.3 Å². The molecular formula is C14H20F3N. The van der Waals surface area contributed by atoms with E-state index in [1.807, 2.05) is 30.3 Å². The topological polar surface area (TPSA) is 12.0 Å². The average molecular weight is 259 g/mol. The van der Waals surface area contributed by atoms with Crippen LogP contribution in [0.25, 0.3) is 0 Å². The molecule has 0 fully saturated rings. The van der Waals surface area contributed by atoms with Crippen molar-refractivity contribution in [1.82, 2.24) is 5.32 Å². The number of alkyl halides is 3. The summed E-state index contributed by atoms with van der Waals surface area (Å²) >= 11 is 0. The summed E-state index contributed by atoms with van der Waals surface area (Å²) in [7, 11) is 0. The van der Waals surface area contributed by atoms with Crippen LogP contribution in [-0.4, -0.2) is 19.3 Å². The molecule has 0 saturated carbocycles. The minimum Gasteiger partial charge on any atom is -0.316 e. The van der Waals surface area contributed by atoms with E-state index in [2.05, 4.69) is 19.2 Å². The second-order valence-corrected chi connectivity index (χ2v) is 5.15. The van der Waals surface area contributed by atoms with Gasteiger partial charge in [0.05, 0.1) is 0 Å². The highest BCUT2D eigenvalue weighted by atomic mass is 19.4. The first-order chi connectivity index (χ1) is 8.31. The molecule has 102 valence electrons. The van der Waals surface area contributed by atoms with E-state index in [4.69, 9.17) is 0 Å². The predicted molar refractivity (Wildman–Crippen MR) is 67.6 cm³/mol. The summed E-state index contributed by atoms with van der Waals surface area (Å²) < 4.78 is 35.9. The molecule has 4 heteroatoms. The predicted octanol–water partition coefficient (Wildman–Crippen LogP) is 3.90. The standard InChI is InChI=1S/C14H20F3N/c1-13(2,12-7-4-3-5-8-12)11-18-10-6-9-14(15,16)17/h3-5,7-8,18H,6,9-11H2,1-2H3. The maximum Gasteiger partial charge on any atom is 0.389 e. The highest BCUT2D eigenvalue weighted by Crippen LogP contribution is 2.22. The SMILES string of the molecule is CC(C)(CNCCCC(F)(F)F)c1ccccc1. The Balaban J connectivity index is 2.30. The summed E-state index contributed by atoms with van der Waals surface area (Å²) in [6.07, 6.45) is -4.63. The van der Waals surface area contributed by atoms with Gasteiger partial charge in [0.15, 0.2) is 0 Å². The molecule has 0 heterocycles. The van der Waals surface area contributed by atoms with Crippen molar-refractivity contribution in [3.05, 3.63) is 35.9 Å². The Labute approximate surface area is 106 Å². The second-order valence-electron chi connectivity index (χ2n) is 5.15. The van der Waals surface area contributed by atoms with Crippen LogP contribution < -0.4 is 5.32 Å². The second kappa shape index (κ2) is 6.23. The van der Waals surface area contributed by atoms with Crippen molar-refractivity contribution in [3.63, 3.8) is 0 Å². The molecule has 0 atom stereocenters. The molecule has 0 saturated heterocycles. The maximum absolute atomic E-state index is 12.0. The van der Waals surface area contributed by atoms with E-state index in [0.717, 1.165) is 0 Å². The van der Waals surface area contributed by atoms with Gasteiger partial charge in [-0.15, -0.1) is 0 Å². The zero-order valence-electron chi connectivity index (χ0n) is 10.8. The van der Waals surface area contributed by atoms with Crippen LogP contribution in [0.3, 0.4) is 0 Å². The molecule has 18 heavy (non-hydrogen) atoms. The van der Waals surface area contributed by atoms with E-state index in [9.17, 15) is 13.2 Å². The highest BCUT2D eigenvalue weighted by molar-refractivity contribution is 5.23. The van der Waals surface area contributed by atoms with Crippen molar-refractivity contribution in [3.8, 4) is 0 Å². The lowest BCUT2D eigenvalue weighted by Crippen LogP contribution is -2.33. The van der Waals surface area contributed by atoms with Crippen molar-refractivity contribution in [2.24, 2.45) is 0 Å². The molecule has 1 rings (SSSR count). The van der Waals surface area contributed by atoms with Crippen LogP contribution in [0, 0.1) is 0 Å². The van der Waals surface area contributed by atoms with Crippen molar-refractivity contribution >= 4 is 0 Å². The fourth-order valence-electron chi connectivity index (χ4n) is 1.81. The summed E-state index contributed by atoms with van der Waals surface area (Å²) in [4.78, 5) is 0. The van der Waals surface area contributed by atoms with Crippen molar-refractivity contribution in [2.75, 3.05) is 13.1 Å². The third-order valence-electron chi connectivity index (χ3n) is 2.94. The van der Waals surface area contributed by atoms with Crippen LogP contribution in [-0.2, 0) is 5.41 Å². The molecule has 1 N–H and O–H groups in total. The summed E-state index contributed by atoms with van der Waals surface area (Å²) in [6.45, 7) is 5.24. The molecule has 1 aromatic carbocycles. The number of rotatable bonds is 6. The van der Waals surface area contributed by atoms with Crippen molar-refractivity contribution in [1.29, 1.82) is 0 Å². The molecular weight excluding hydrogens is 239 g/mol. The number of nitrogens with one attached hydrogen (secondary N) is 1. The summed E-state index contributed by atoms with van der Waals surface area (Å²) in [6, 6.07) is 9.98. The third kappa shape index (κ3) is 5.54. The van der Waals surface area contributed by atoms with E-state index >= 15 is 0 Å². The maximum atomic E-state index is 12.0. The monoisotopic (exact) mass is 259 g/mol. The van der Waals surface area contributed by atoms with Gasteiger partial charge in [0.1, 0.15) is 0 Å². The Bertz CT molecular complexity index is 344. The van der Waals surface area contributed by atoms with E-state index in [1.165, 1.54) is 5.56 Å². The first-order valence-corrected chi connectivity index (χ1v) is 6.14. The Morgan fingerprint density at radius 2 is 1.67 bits per heavy atom. The largest absolute Gasteiger partial charge is 0.389 e. The lowest BCUT2D eigenvalue weighted by atomic mass is 9.84. The fourth-order valence-corrected chi connectivity index (χ4v) is 1.81. The lowest BCUT2D eigenvalue weighted by Gasteiger charge is -2.25. The molecule has 0 aliphatic rings. The van der Waals surface area contributed by atoms with Crippen LogP contribution in [0.4, 0.5) is 13.2 Å². The molecule has 0 spiro atoms. The number of hydrogen-bond donors (Lipinski definition) is 1. The zero-order chi connectivity index (χ0) is 13.6. The van der Waals surface area contributed by atoms with Gasteiger partial charge in [-0.05, 0) is 18.5 Å². The zero-order valence-corrected chi connectivity index (χ0v) is 10.8. The van der Waals surface area contributed by atoms with E-state index < -0.39 is 12.6 Å². The molecule has 0 aromatic heterocycles. The van der Waals surface area contributed by atoms with Crippen LogP contribution >= 0.6 is 0 Å². The third-order valence-corrected chi connectivity index (χ3v) is 2.94. The molecule has 0 amide bonds. The first kappa shape index (κ1) is 15.0. The summed E-state index contributed by atoms with van der Waals surface area (Å²) in [5, 5.41) is 3.10. The van der Waals surface area contributed by atoms with Gasteiger partial charge >= 0.3 is 6.18 Å². The van der Waals surface area contributed by atoms with E-state index in [-0.39, 0.29) is 11.8 Å². The van der Waals surface area contributed by atoms with E-state index in [1.54, 1.807) is 0 Å². The van der Waals surface area contributed by atoms with Crippen molar-refractivity contribution in [2.45, 2.75) is 38.3 Å². The normalized spacial score (nSPS) is 12.7. The molecule has 0 aliphatic heterocycles. The van der Waals surface area contributed by atoms with Gasteiger partial charge in [-0.25, -0.2) is 0 Å². The van der Waals surface area contributed by atoms with Crippen LogP contribution in [0.1, 0.15) is 32.3 Å². The fraction of sp³-hybridized carbons (Fsp3) is 0.571. The van der Waals surface area contributed by atoms with Gasteiger partial charge in [-0.1, -0.05) is 44.2 Å². The Hall–Kier alpha value is -1.03. The minimum atomic E-state index is -4.05. The van der Waals surface area contributed by atoms with Gasteiger partial charge in [0.2, 0.25) is 0 Å². The van der Waals surface area contributed by atoms with Crippen molar-refractivity contribution < 1.29 is 13.2 Å². The van der Waals surface area contributed by atoms with Gasteiger partial charge in [-0.3, -0.25) is 0 Å². The molecule has 1 aromatic rings. The van der Waals surface area contributed by atoms with Gasteiger partial charge in [0, 0.05) is 18.4 Å². The molecule has 0 radical (unpaired) electrons. The molecule has 0 bridgehead atoms. The lowest BCUT2D eigenvalue weighted by molar-refractivity contribution is -0.135. The Kier molecular flexibility index (Phi) is 5.20. The molecule has 1 nitrogen and oxygen atoms in total. The summed E-state index contributed by atoms with van der Waals surface area (Å²) in [5.41, 5.74) is 1.12. The van der Waals surface area contributed by atoms with E-state index in [0.29, 0.717) is 13.1 Å². The smallest absolute Gasteiger partial charge is 0.316 e. The Morgan fingerprint density at radius 1 is 1.06 bits per heavy atom. The highest BCUT2D eigenvalue weighted by Gasteiger charge is 2.26. The van der Waals surface area contributed by atoms with Gasteiger partial charge < -0.3 is 5.32 Å². The molecule has 0 aliphatic carbocycles. The van der Waals surface area contributed by atoms with Gasteiger partial charge in [0.25, 0.3) is 0 Å². The van der Waals surface area contributed by atoms with Crippen LogP contribution in [0.2, 0.25) is 0 Å². The number of benzene rings is 1. The number of halogens is 3. The minimum absolute atomic E-state index is 0.0699.